The summed E-state index contributed by atoms with van der Waals surface area (Å²) >= 11 is 0. The van der Waals surface area contributed by atoms with E-state index in [1.165, 1.54) is 0 Å². The molecule has 1 fully saturated rings. The maximum atomic E-state index is 10.3. The molecule has 2 heteroatoms. The van der Waals surface area contributed by atoms with Crippen molar-refractivity contribution in [1.82, 2.24) is 0 Å². The molecule has 1 aliphatic rings. The fraction of sp³-hybridized carbons (Fsp3) is 0.875. The van der Waals surface area contributed by atoms with Gasteiger partial charge in [-0.25, -0.2) is 0 Å². The van der Waals surface area contributed by atoms with Crippen molar-refractivity contribution in [2.75, 3.05) is 0 Å². The number of hydrogen-bond donors (Lipinski definition) is 1. The van der Waals surface area contributed by atoms with Crippen LogP contribution in [0.2, 0.25) is 0 Å². The highest BCUT2D eigenvalue weighted by Gasteiger charge is 2.35. The third kappa shape index (κ3) is 1.31. The Bertz CT molecular complexity index is 134. The standard InChI is InChI=1S/C8H14O2/c1-5(2)6-3-7(4-6)8(9)10/h5-7H,3-4H2,1-2H3,(H,9,10)/t6-,7+. The van der Waals surface area contributed by atoms with E-state index in [0.717, 1.165) is 12.8 Å². The molecule has 0 unspecified atom stereocenters. The van der Waals surface area contributed by atoms with Gasteiger partial charge in [-0.2, -0.15) is 0 Å². The molecule has 1 N–H and O–H groups in total. The maximum Gasteiger partial charge on any atom is 0.306 e. The first kappa shape index (κ1) is 7.58. The number of rotatable bonds is 2. The minimum absolute atomic E-state index is 0.0348. The summed E-state index contributed by atoms with van der Waals surface area (Å²) in [5, 5.41) is 8.53. The normalized spacial score (nSPS) is 31.9. The van der Waals surface area contributed by atoms with Crippen LogP contribution in [0.15, 0.2) is 0 Å². The highest BCUT2D eigenvalue weighted by atomic mass is 16.4. The van der Waals surface area contributed by atoms with Crippen LogP contribution in [0.4, 0.5) is 0 Å². The Balaban J connectivity index is 2.24. The quantitative estimate of drug-likeness (QED) is 0.637. The number of carboxylic acid groups (broad SMARTS) is 1. The van der Waals surface area contributed by atoms with Gasteiger partial charge in [0.25, 0.3) is 0 Å². The Labute approximate surface area is 61.2 Å². The lowest BCUT2D eigenvalue weighted by Gasteiger charge is -2.35. The predicted molar refractivity (Wildman–Crippen MR) is 38.7 cm³/mol. The Morgan fingerprint density at radius 2 is 2.00 bits per heavy atom. The Kier molecular flexibility index (Phi) is 1.97. The molecule has 2 nitrogen and oxygen atoms in total. The molecule has 1 saturated carbocycles. The molecule has 1 aliphatic carbocycles. The van der Waals surface area contributed by atoms with Crippen molar-refractivity contribution >= 4 is 5.97 Å². The second-order valence-corrected chi connectivity index (χ2v) is 3.51. The van der Waals surface area contributed by atoms with Crippen molar-refractivity contribution in [3.63, 3.8) is 0 Å². The van der Waals surface area contributed by atoms with Crippen molar-refractivity contribution in [1.29, 1.82) is 0 Å². The average Bonchev–Trinajstić information content (AvgIpc) is 1.56. The molecule has 10 heavy (non-hydrogen) atoms. The summed E-state index contributed by atoms with van der Waals surface area (Å²) in [6.07, 6.45) is 1.79. The van der Waals surface area contributed by atoms with Gasteiger partial charge in [0, 0.05) is 0 Å². The highest BCUT2D eigenvalue weighted by molar-refractivity contribution is 5.71. The van der Waals surface area contributed by atoms with E-state index in [2.05, 4.69) is 13.8 Å². The van der Waals surface area contributed by atoms with Gasteiger partial charge in [0.2, 0.25) is 0 Å². The molecule has 0 bridgehead atoms. The van der Waals surface area contributed by atoms with E-state index in [4.69, 9.17) is 5.11 Å². The fourth-order valence-corrected chi connectivity index (χ4v) is 1.41. The van der Waals surface area contributed by atoms with Crippen molar-refractivity contribution in [2.45, 2.75) is 26.7 Å². The number of aliphatic carboxylic acids is 1. The zero-order chi connectivity index (χ0) is 7.72. The molecule has 0 aromatic rings. The summed E-state index contributed by atoms with van der Waals surface area (Å²) in [5.41, 5.74) is 0. The van der Waals surface area contributed by atoms with Crippen molar-refractivity contribution < 1.29 is 9.90 Å². The second kappa shape index (κ2) is 2.60. The number of hydrogen-bond acceptors (Lipinski definition) is 1. The van der Waals surface area contributed by atoms with Gasteiger partial charge in [0.15, 0.2) is 0 Å². The van der Waals surface area contributed by atoms with E-state index < -0.39 is 5.97 Å². The first-order chi connectivity index (χ1) is 4.61. The zero-order valence-electron chi connectivity index (χ0n) is 6.50. The van der Waals surface area contributed by atoms with Gasteiger partial charge < -0.3 is 5.11 Å². The van der Waals surface area contributed by atoms with Crippen molar-refractivity contribution in [2.24, 2.45) is 17.8 Å². The molecule has 1 rings (SSSR count). The Morgan fingerprint density at radius 3 is 2.30 bits per heavy atom. The Hall–Kier alpha value is -0.530. The zero-order valence-corrected chi connectivity index (χ0v) is 6.50. The molecule has 0 radical (unpaired) electrons. The number of carbonyl (C=O) groups is 1. The van der Waals surface area contributed by atoms with Crippen LogP contribution in [0, 0.1) is 17.8 Å². The minimum atomic E-state index is -0.614. The van der Waals surface area contributed by atoms with E-state index >= 15 is 0 Å². The maximum absolute atomic E-state index is 10.3. The lowest BCUT2D eigenvalue weighted by atomic mass is 9.70. The SMILES string of the molecule is CC(C)[C@H]1C[C@@H](C(=O)O)C1. The molecule has 0 heterocycles. The van der Waals surface area contributed by atoms with E-state index in [0.29, 0.717) is 11.8 Å². The minimum Gasteiger partial charge on any atom is -0.481 e. The molecular formula is C8H14O2. The van der Waals surface area contributed by atoms with E-state index in [1.54, 1.807) is 0 Å². The Morgan fingerprint density at radius 1 is 1.50 bits per heavy atom. The monoisotopic (exact) mass is 142 g/mol. The summed E-state index contributed by atoms with van der Waals surface area (Å²) in [5.74, 6) is 0.681. The van der Waals surface area contributed by atoms with Crippen LogP contribution in [0.1, 0.15) is 26.7 Å². The van der Waals surface area contributed by atoms with Gasteiger partial charge in [-0.15, -0.1) is 0 Å². The van der Waals surface area contributed by atoms with E-state index in [1.807, 2.05) is 0 Å². The van der Waals surface area contributed by atoms with Crippen LogP contribution in [0.5, 0.6) is 0 Å². The van der Waals surface area contributed by atoms with Crippen LogP contribution < -0.4 is 0 Å². The smallest absolute Gasteiger partial charge is 0.306 e. The first-order valence-electron chi connectivity index (χ1n) is 3.84. The van der Waals surface area contributed by atoms with Crippen molar-refractivity contribution in [3.8, 4) is 0 Å². The molecule has 0 aromatic heterocycles. The largest absolute Gasteiger partial charge is 0.481 e. The topological polar surface area (TPSA) is 37.3 Å². The summed E-state index contributed by atoms with van der Waals surface area (Å²) in [6, 6.07) is 0. The van der Waals surface area contributed by atoms with Crippen LogP contribution in [0.25, 0.3) is 0 Å². The van der Waals surface area contributed by atoms with Gasteiger partial charge in [-0.1, -0.05) is 13.8 Å². The molecular weight excluding hydrogens is 128 g/mol. The van der Waals surface area contributed by atoms with Crippen LogP contribution in [-0.2, 0) is 4.79 Å². The third-order valence-electron chi connectivity index (χ3n) is 2.47. The second-order valence-electron chi connectivity index (χ2n) is 3.51. The van der Waals surface area contributed by atoms with Gasteiger partial charge in [0.1, 0.15) is 0 Å². The number of carboxylic acids is 1. The molecule has 58 valence electrons. The van der Waals surface area contributed by atoms with Crippen LogP contribution in [0.3, 0.4) is 0 Å². The summed E-state index contributed by atoms with van der Waals surface area (Å²) in [4.78, 5) is 10.3. The molecule has 0 saturated heterocycles. The van der Waals surface area contributed by atoms with Crippen molar-refractivity contribution in [3.05, 3.63) is 0 Å². The summed E-state index contributed by atoms with van der Waals surface area (Å²) in [6.45, 7) is 4.31. The highest BCUT2D eigenvalue weighted by Crippen LogP contribution is 2.38. The predicted octanol–water partition coefficient (Wildman–Crippen LogP) is 1.75. The summed E-state index contributed by atoms with van der Waals surface area (Å²) in [7, 11) is 0. The molecule has 0 aromatic carbocycles. The molecule has 0 atom stereocenters. The van der Waals surface area contributed by atoms with Gasteiger partial charge in [-0.3, -0.25) is 4.79 Å². The van der Waals surface area contributed by atoms with E-state index in [9.17, 15) is 4.79 Å². The van der Waals surface area contributed by atoms with E-state index in [-0.39, 0.29) is 5.92 Å². The van der Waals surface area contributed by atoms with Gasteiger partial charge in [-0.05, 0) is 24.7 Å². The molecule has 0 aliphatic heterocycles. The third-order valence-corrected chi connectivity index (χ3v) is 2.47. The molecule has 0 spiro atoms. The summed E-state index contributed by atoms with van der Waals surface area (Å²) < 4.78 is 0. The average molecular weight is 142 g/mol. The van der Waals surface area contributed by atoms with Crippen LogP contribution >= 0.6 is 0 Å². The fourth-order valence-electron chi connectivity index (χ4n) is 1.41. The van der Waals surface area contributed by atoms with Gasteiger partial charge in [0.05, 0.1) is 5.92 Å². The lowest BCUT2D eigenvalue weighted by Crippen LogP contribution is -2.33. The lowest BCUT2D eigenvalue weighted by molar-refractivity contribution is -0.147. The molecule has 0 amide bonds. The van der Waals surface area contributed by atoms with Crippen LogP contribution in [-0.4, -0.2) is 11.1 Å². The first-order valence-corrected chi connectivity index (χ1v) is 3.84. The van der Waals surface area contributed by atoms with Gasteiger partial charge >= 0.3 is 5.97 Å².